The number of nitro groups is 1. The molecule has 0 aliphatic carbocycles. The molecule has 0 aromatic carbocycles. The minimum absolute atomic E-state index is 0.0187. The van der Waals surface area contributed by atoms with Gasteiger partial charge in [-0.25, -0.2) is 0 Å². The maximum absolute atomic E-state index is 12.4. The van der Waals surface area contributed by atoms with E-state index in [0.29, 0.717) is 13.2 Å². The zero-order valence-electron chi connectivity index (χ0n) is 13.6. The quantitative estimate of drug-likeness (QED) is 0.602. The third-order valence-electron chi connectivity index (χ3n) is 4.04. The molecule has 2 atom stereocenters. The topological polar surface area (TPSA) is 124 Å². The maximum Gasteiger partial charge on any atom is 0.366 e. The Hall–Kier alpha value is -2.75. The van der Waals surface area contributed by atoms with E-state index >= 15 is 0 Å². The molecule has 2 unspecified atom stereocenters. The fraction of sp³-hybridized carbons (Fsp3) is 0.533. The largest absolute Gasteiger partial charge is 0.475 e. The second-order valence-corrected chi connectivity index (χ2v) is 5.87. The highest BCUT2D eigenvalue weighted by atomic mass is 16.6. The molecule has 0 bridgehead atoms. The molecule has 0 radical (unpaired) electrons. The second-order valence-electron chi connectivity index (χ2n) is 5.87. The summed E-state index contributed by atoms with van der Waals surface area (Å²) in [7, 11) is 0. The lowest BCUT2D eigenvalue weighted by atomic mass is 10.2. The van der Waals surface area contributed by atoms with Gasteiger partial charge in [-0.3, -0.25) is 14.5 Å². The molecule has 0 saturated carbocycles. The van der Waals surface area contributed by atoms with E-state index in [4.69, 9.17) is 9.47 Å². The summed E-state index contributed by atoms with van der Waals surface area (Å²) in [5, 5.41) is 13.6. The average Bonchev–Trinajstić information content (AvgIpc) is 3.10. The minimum Gasteiger partial charge on any atom is -0.475 e. The minimum atomic E-state index is -0.804. The fourth-order valence-electron chi connectivity index (χ4n) is 2.76. The number of hydrogen-bond acceptors (Lipinski definition) is 7. The Morgan fingerprint density at radius 3 is 3.00 bits per heavy atom. The molecule has 2 aliphatic rings. The van der Waals surface area contributed by atoms with Crippen LogP contribution in [0.4, 0.5) is 11.6 Å². The van der Waals surface area contributed by atoms with Crippen molar-refractivity contribution in [3.05, 3.63) is 22.2 Å². The number of carbonyl (C=O) groups is 2. The lowest BCUT2D eigenvalue weighted by Crippen LogP contribution is -2.49. The SMILES string of the molecule is CC1Oc2ccc([N+](=O)[O-])nc2N(CC(=O)NCC2CCCO2)C1=O. The first-order chi connectivity index (χ1) is 12.0. The number of rotatable bonds is 5. The van der Waals surface area contributed by atoms with E-state index in [0.717, 1.165) is 17.7 Å². The molecular weight excluding hydrogens is 332 g/mol. The summed E-state index contributed by atoms with van der Waals surface area (Å²) >= 11 is 0. The van der Waals surface area contributed by atoms with E-state index in [1.54, 1.807) is 6.92 Å². The van der Waals surface area contributed by atoms with Gasteiger partial charge in [0.15, 0.2) is 11.9 Å². The van der Waals surface area contributed by atoms with Gasteiger partial charge in [0, 0.05) is 19.2 Å². The Kier molecular flexibility index (Phi) is 4.79. The summed E-state index contributed by atoms with van der Waals surface area (Å²) in [4.78, 5) is 39.7. The van der Waals surface area contributed by atoms with Gasteiger partial charge in [-0.05, 0) is 35.7 Å². The average molecular weight is 350 g/mol. The van der Waals surface area contributed by atoms with Crippen LogP contribution in [0.5, 0.6) is 5.75 Å². The molecule has 2 aliphatic heterocycles. The normalized spacial score (nSPS) is 22.3. The lowest BCUT2D eigenvalue weighted by Gasteiger charge is -2.29. The first kappa shape index (κ1) is 17.1. The zero-order chi connectivity index (χ0) is 18.0. The van der Waals surface area contributed by atoms with Gasteiger partial charge in [0.05, 0.1) is 6.10 Å². The number of ether oxygens (including phenoxy) is 2. The van der Waals surface area contributed by atoms with Gasteiger partial charge in [-0.2, -0.15) is 0 Å². The van der Waals surface area contributed by atoms with E-state index in [2.05, 4.69) is 10.3 Å². The van der Waals surface area contributed by atoms with Crippen molar-refractivity contribution >= 4 is 23.5 Å². The van der Waals surface area contributed by atoms with Gasteiger partial charge in [0.1, 0.15) is 6.54 Å². The summed E-state index contributed by atoms with van der Waals surface area (Å²) in [5.41, 5.74) is 0. The standard InChI is InChI=1S/C15H18N4O6/c1-9-15(21)18(8-13(20)16-7-10-3-2-6-24-10)14-11(25-9)4-5-12(17-14)19(22)23/h4-5,9-10H,2-3,6-8H2,1H3,(H,16,20). The molecule has 10 nitrogen and oxygen atoms in total. The maximum atomic E-state index is 12.4. The molecular formula is C15H18N4O6. The Labute approximate surface area is 143 Å². The number of carbonyl (C=O) groups excluding carboxylic acids is 2. The first-order valence-corrected chi connectivity index (χ1v) is 7.97. The van der Waals surface area contributed by atoms with E-state index in [1.165, 1.54) is 12.1 Å². The van der Waals surface area contributed by atoms with Crippen LogP contribution >= 0.6 is 0 Å². The molecule has 25 heavy (non-hydrogen) atoms. The third kappa shape index (κ3) is 3.68. The van der Waals surface area contributed by atoms with Gasteiger partial charge in [-0.1, -0.05) is 0 Å². The van der Waals surface area contributed by atoms with Crippen molar-refractivity contribution in [2.24, 2.45) is 0 Å². The summed E-state index contributed by atoms with van der Waals surface area (Å²) in [6, 6.07) is 2.57. The van der Waals surface area contributed by atoms with Crippen LogP contribution in [0.2, 0.25) is 0 Å². The number of nitrogens with one attached hydrogen (secondary N) is 1. The second kappa shape index (κ2) is 7.01. The zero-order valence-corrected chi connectivity index (χ0v) is 13.6. The van der Waals surface area contributed by atoms with Crippen LogP contribution in [0.3, 0.4) is 0 Å². The van der Waals surface area contributed by atoms with Crippen molar-refractivity contribution in [1.29, 1.82) is 0 Å². The number of nitrogens with zero attached hydrogens (tertiary/aromatic N) is 3. The molecule has 1 fully saturated rings. The van der Waals surface area contributed by atoms with E-state index < -0.39 is 28.7 Å². The Bertz CT molecular complexity index is 703. The highest BCUT2D eigenvalue weighted by molar-refractivity contribution is 6.02. The van der Waals surface area contributed by atoms with Crippen LogP contribution in [-0.4, -0.2) is 53.6 Å². The number of anilines is 1. The van der Waals surface area contributed by atoms with Crippen LogP contribution < -0.4 is 15.0 Å². The number of fused-ring (bicyclic) bond motifs is 1. The summed E-state index contributed by atoms with van der Waals surface area (Å²) in [6.07, 6.45) is 1.02. The number of amides is 2. The van der Waals surface area contributed by atoms with Gasteiger partial charge in [-0.15, -0.1) is 0 Å². The highest BCUT2D eigenvalue weighted by Crippen LogP contribution is 2.33. The van der Waals surface area contributed by atoms with Crippen LogP contribution in [0.1, 0.15) is 19.8 Å². The van der Waals surface area contributed by atoms with E-state index in [9.17, 15) is 19.7 Å². The Morgan fingerprint density at radius 2 is 2.32 bits per heavy atom. The molecule has 134 valence electrons. The predicted molar refractivity (Wildman–Crippen MR) is 85.3 cm³/mol. The fourth-order valence-corrected chi connectivity index (χ4v) is 2.76. The van der Waals surface area contributed by atoms with Crippen LogP contribution in [0.25, 0.3) is 0 Å². The number of pyridine rings is 1. The van der Waals surface area contributed by atoms with E-state index in [-0.39, 0.29) is 24.2 Å². The third-order valence-corrected chi connectivity index (χ3v) is 4.04. The van der Waals surface area contributed by atoms with Crippen LogP contribution in [0.15, 0.2) is 12.1 Å². The molecule has 3 heterocycles. The first-order valence-electron chi connectivity index (χ1n) is 7.97. The van der Waals surface area contributed by atoms with Gasteiger partial charge < -0.3 is 24.9 Å². The number of aromatic nitrogens is 1. The van der Waals surface area contributed by atoms with Gasteiger partial charge >= 0.3 is 5.82 Å². The van der Waals surface area contributed by atoms with Crippen molar-refractivity contribution in [1.82, 2.24) is 10.3 Å². The molecule has 10 heteroatoms. The molecule has 1 aromatic rings. The molecule has 2 amide bonds. The summed E-state index contributed by atoms with van der Waals surface area (Å²) in [6.45, 7) is 2.30. The number of hydrogen-bond donors (Lipinski definition) is 1. The smallest absolute Gasteiger partial charge is 0.366 e. The van der Waals surface area contributed by atoms with Crippen molar-refractivity contribution < 1.29 is 24.0 Å². The van der Waals surface area contributed by atoms with Crippen molar-refractivity contribution in [3.8, 4) is 5.75 Å². The molecule has 0 spiro atoms. The Balaban J connectivity index is 1.74. The molecule has 3 rings (SSSR count). The molecule has 1 saturated heterocycles. The monoisotopic (exact) mass is 350 g/mol. The van der Waals surface area contributed by atoms with Crippen molar-refractivity contribution in [2.45, 2.75) is 32.0 Å². The van der Waals surface area contributed by atoms with Crippen LogP contribution in [-0.2, 0) is 14.3 Å². The molecule has 1 aromatic heterocycles. The molecule has 1 N–H and O–H groups in total. The van der Waals surface area contributed by atoms with Gasteiger partial charge in [0.25, 0.3) is 11.7 Å². The van der Waals surface area contributed by atoms with Crippen molar-refractivity contribution in [3.63, 3.8) is 0 Å². The van der Waals surface area contributed by atoms with Gasteiger partial charge in [0.2, 0.25) is 5.91 Å². The van der Waals surface area contributed by atoms with E-state index in [1.807, 2.05) is 0 Å². The Morgan fingerprint density at radius 1 is 1.52 bits per heavy atom. The van der Waals surface area contributed by atoms with Crippen molar-refractivity contribution in [2.75, 3.05) is 24.6 Å². The van der Waals surface area contributed by atoms with Crippen LogP contribution in [0, 0.1) is 10.1 Å². The summed E-state index contributed by atoms with van der Waals surface area (Å²) < 4.78 is 10.8. The highest BCUT2D eigenvalue weighted by Gasteiger charge is 2.37. The predicted octanol–water partition coefficient (Wildman–Crippen LogP) is 0.399. The lowest BCUT2D eigenvalue weighted by molar-refractivity contribution is -0.389. The summed E-state index contributed by atoms with van der Waals surface area (Å²) in [5.74, 6) is -1.09.